The minimum atomic E-state index is 0.801. The van der Waals surface area contributed by atoms with Crippen molar-refractivity contribution >= 4 is 55.9 Å². The molecule has 9 rings (SSSR count). The van der Waals surface area contributed by atoms with Crippen molar-refractivity contribution in [2.24, 2.45) is 0 Å². The quantitative estimate of drug-likeness (QED) is 0.185. The summed E-state index contributed by atoms with van der Waals surface area (Å²) in [7, 11) is 2.15. The highest BCUT2D eigenvalue weighted by atomic mass is 15.4. The highest BCUT2D eigenvalue weighted by Gasteiger charge is 2.25. The first-order chi connectivity index (χ1) is 23.7. The summed E-state index contributed by atoms with van der Waals surface area (Å²) in [5, 5.41) is 2.40. The summed E-state index contributed by atoms with van der Waals surface area (Å²) in [6, 6.07) is 58.3. The molecule has 6 aromatic carbocycles. The Hall–Kier alpha value is -6.33. The molecular weight excluding hydrogens is 587 g/mol. The Morgan fingerprint density at radius 3 is 2.06 bits per heavy atom. The van der Waals surface area contributed by atoms with E-state index in [2.05, 4.69) is 190 Å². The number of anilines is 6. The van der Waals surface area contributed by atoms with Crippen molar-refractivity contribution in [2.75, 3.05) is 28.4 Å². The lowest BCUT2D eigenvalue weighted by atomic mass is 10.1. The number of hydrogen-bond donors (Lipinski definition) is 0. The predicted molar refractivity (Wildman–Crippen MR) is 201 cm³/mol. The third kappa shape index (κ3) is 4.67. The van der Waals surface area contributed by atoms with E-state index < -0.39 is 0 Å². The van der Waals surface area contributed by atoms with Crippen molar-refractivity contribution in [3.05, 3.63) is 170 Å². The molecule has 0 radical (unpaired) electrons. The lowest BCUT2D eigenvalue weighted by molar-refractivity contribution is 0.949. The fourth-order valence-electron chi connectivity index (χ4n) is 7.12. The van der Waals surface area contributed by atoms with Gasteiger partial charge in [0, 0.05) is 46.8 Å². The Balaban J connectivity index is 1.22. The minimum Gasteiger partial charge on any atom is -0.355 e. The number of nitrogens with zero attached hydrogens (tertiary/aromatic N) is 5. The van der Waals surface area contributed by atoms with Gasteiger partial charge in [-0.15, -0.1) is 0 Å². The van der Waals surface area contributed by atoms with Crippen LogP contribution in [0.15, 0.2) is 170 Å². The van der Waals surface area contributed by atoms with E-state index in [1.165, 1.54) is 27.7 Å². The van der Waals surface area contributed by atoms with Crippen LogP contribution in [0.2, 0.25) is 0 Å². The second-order valence-corrected chi connectivity index (χ2v) is 12.3. The topological polar surface area (TPSA) is 27.5 Å². The number of hydrogen-bond acceptors (Lipinski definition) is 4. The zero-order valence-corrected chi connectivity index (χ0v) is 26.6. The van der Waals surface area contributed by atoms with Crippen LogP contribution < -0.4 is 14.7 Å². The average Bonchev–Trinajstić information content (AvgIpc) is 3.67. The van der Waals surface area contributed by atoms with Crippen molar-refractivity contribution in [3.8, 4) is 16.9 Å². The van der Waals surface area contributed by atoms with Gasteiger partial charge in [-0.05, 0) is 83.9 Å². The third-order valence-corrected chi connectivity index (χ3v) is 9.35. The Morgan fingerprint density at radius 2 is 1.21 bits per heavy atom. The molecule has 8 aromatic rings. The molecule has 3 heterocycles. The van der Waals surface area contributed by atoms with Crippen molar-refractivity contribution in [2.45, 2.75) is 0 Å². The molecule has 2 aromatic heterocycles. The monoisotopic (exact) mass is 619 g/mol. The van der Waals surface area contributed by atoms with Gasteiger partial charge >= 0.3 is 0 Å². The average molecular weight is 620 g/mol. The largest absolute Gasteiger partial charge is 0.355 e. The number of fused-ring (bicyclic) bond motifs is 4. The van der Waals surface area contributed by atoms with Crippen LogP contribution in [-0.2, 0) is 0 Å². The molecule has 0 N–H and O–H groups in total. The molecule has 1 aliphatic rings. The smallest absolute Gasteiger partial charge is 0.138 e. The van der Waals surface area contributed by atoms with E-state index in [4.69, 9.17) is 4.98 Å². The first kappa shape index (κ1) is 27.9. The van der Waals surface area contributed by atoms with E-state index in [0.717, 1.165) is 51.8 Å². The summed E-state index contributed by atoms with van der Waals surface area (Å²) in [4.78, 5) is 11.9. The molecule has 5 nitrogen and oxygen atoms in total. The summed E-state index contributed by atoms with van der Waals surface area (Å²) >= 11 is 0. The van der Waals surface area contributed by atoms with Crippen molar-refractivity contribution in [1.82, 2.24) is 9.55 Å². The number of rotatable bonds is 6. The molecule has 0 bridgehead atoms. The van der Waals surface area contributed by atoms with Crippen molar-refractivity contribution < 1.29 is 0 Å². The molecule has 48 heavy (non-hydrogen) atoms. The SMILES string of the molecule is CN1CN(c2cccc(N(c3ccccc3)c3ccc4c5ccccc5n(-c5cc(-c6ccccc6)ccn5)c4c3)c2)c2ccccc21. The van der Waals surface area contributed by atoms with E-state index in [-0.39, 0.29) is 0 Å². The molecule has 5 heteroatoms. The molecule has 0 saturated heterocycles. The number of aromatic nitrogens is 2. The Labute approximate surface area is 280 Å². The lowest BCUT2D eigenvalue weighted by Gasteiger charge is -2.27. The van der Waals surface area contributed by atoms with E-state index in [9.17, 15) is 0 Å². The molecule has 0 spiro atoms. The van der Waals surface area contributed by atoms with E-state index >= 15 is 0 Å². The zero-order chi connectivity index (χ0) is 32.0. The Bertz CT molecular complexity index is 2410. The molecular formula is C43H33N5. The first-order valence-corrected chi connectivity index (χ1v) is 16.3. The fourth-order valence-corrected chi connectivity index (χ4v) is 7.12. The van der Waals surface area contributed by atoms with Crippen LogP contribution in [0.4, 0.5) is 34.1 Å². The van der Waals surface area contributed by atoms with E-state index in [1.807, 2.05) is 6.20 Å². The van der Waals surface area contributed by atoms with Gasteiger partial charge in [-0.3, -0.25) is 4.57 Å². The highest BCUT2D eigenvalue weighted by Crippen LogP contribution is 2.43. The normalized spacial score (nSPS) is 12.5. The van der Waals surface area contributed by atoms with Crippen molar-refractivity contribution in [3.63, 3.8) is 0 Å². The second-order valence-electron chi connectivity index (χ2n) is 12.3. The van der Waals surface area contributed by atoms with Crippen LogP contribution in [0.1, 0.15) is 0 Å². The van der Waals surface area contributed by atoms with Crippen LogP contribution in [0.5, 0.6) is 0 Å². The molecule has 1 aliphatic heterocycles. The number of pyridine rings is 1. The first-order valence-electron chi connectivity index (χ1n) is 16.3. The fraction of sp³-hybridized carbons (Fsp3) is 0.0465. The van der Waals surface area contributed by atoms with Gasteiger partial charge in [-0.25, -0.2) is 4.98 Å². The summed E-state index contributed by atoms with van der Waals surface area (Å²) in [5.41, 5.74) is 11.4. The zero-order valence-electron chi connectivity index (χ0n) is 26.6. The van der Waals surface area contributed by atoms with Crippen molar-refractivity contribution in [1.29, 1.82) is 0 Å². The number of benzene rings is 6. The predicted octanol–water partition coefficient (Wildman–Crippen LogP) is 10.9. The molecule has 0 saturated carbocycles. The molecule has 0 fully saturated rings. The van der Waals surface area contributed by atoms with Crippen LogP contribution in [0, 0.1) is 0 Å². The van der Waals surface area contributed by atoms with Gasteiger partial charge in [0.05, 0.1) is 29.1 Å². The van der Waals surface area contributed by atoms with Gasteiger partial charge in [-0.1, -0.05) is 91.0 Å². The van der Waals surface area contributed by atoms with Crippen LogP contribution in [0.3, 0.4) is 0 Å². The third-order valence-electron chi connectivity index (χ3n) is 9.35. The molecule has 0 aliphatic carbocycles. The Morgan fingerprint density at radius 1 is 0.521 bits per heavy atom. The summed E-state index contributed by atoms with van der Waals surface area (Å²) < 4.78 is 2.30. The second kappa shape index (κ2) is 11.5. The lowest BCUT2D eigenvalue weighted by Crippen LogP contribution is -2.24. The van der Waals surface area contributed by atoms with Gasteiger partial charge in [0.2, 0.25) is 0 Å². The maximum absolute atomic E-state index is 4.92. The summed E-state index contributed by atoms with van der Waals surface area (Å²) in [6.45, 7) is 0.801. The van der Waals surface area contributed by atoms with Crippen LogP contribution >= 0.6 is 0 Å². The molecule has 0 atom stereocenters. The van der Waals surface area contributed by atoms with Crippen LogP contribution in [-0.4, -0.2) is 23.3 Å². The minimum absolute atomic E-state index is 0.801. The Kier molecular flexibility index (Phi) is 6.68. The maximum Gasteiger partial charge on any atom is 0.138 e. The van der Waals surface area contributed by atoms with Gasteiger partial charge in [-0.2, -0.15) is 0 Å². The van der Waals surface area contributed by atoms with Gasteiger partial charge in [0.15, 0.2) is 0 Å². The van der Waals surface area contributed by atoms with E-state index in [0.29, 0.717) is 0 Å². The van der Waals surface area contributed by atoms with Crippen LogP contribution in [0.25, 0.3) is 38.8 Å². The maximum atomic E-state index is 4.92. The van der Waals surface area contributed by atoms with Gasteiger partial charge in [0.25, 0.3) is 0 Å². The summed E-state index contributed by atoms with van der Waals surface area (Å²) in [5.74, 6) is 0.893. The molecule has 0 unspecified atom stereocenters. The standard InChI is InChI=1S/C43H33N5/c1-45-30-46(41-22-11-10-21-40(41)45)34-17-12-18-35(28-34)47(33-15-6-3-7-16-33)36-23-24-38-37-19-8-9-20-39(37)48(42(38)29-36)43-27-32(25-26-44-43)31-13-4-2-5-14-31/h2-29H,30H2,1H3. The summed E-state index contributed by atoms with van der Waals surface area (Å²) in [6.07, 6.45) is 1.91. The van der Waals surface area contributed by atoms with E-state index in [1.54, 1.807) is 0 Å². The molecule has 0 amide bonds. The van der Waals surface area contributed by atoms with Gasteiger partial charge in [0.1, 0.15) is 5.82 Å². The highest BCUT2D eigenvalue weighted by molar-refractivity contribution is 6.10. The molecule has 230 valence electrons. The number of para-hydroxylation sites is 4. The van der Waals surface area contributed by atoms with Gasteiger partial charge < -0.3 is 14.7 Å².